The van der Waals surface area contributed by atoms with Crippen molar-refractivity contribution in [3.05, 3.63) is 59.1 Å². The highest BCUT2D eigenvalue weighted by molar-refractivity contribution is 7.72. The van der Waals surface area contributed by atoms with Crippen LogP contribution in [0.3, 0.4) is 0 Å². The lowest BCUT2D eigenvalue weighted by Gasteiger charge is -2.07. The molecule has 2 aromatic rings. The normalized spacial score (nSPS) is 10.6. The Morgan fingerprint density at radius 2 is 1.78 bits per heavy atom. The van der Waals surface area contributed by atoms with Gasteiger partial charge in [0.25, 0.3) is 0 Å². The molecule has 0 amide bonds. The van der Waals surface area contributed by atoms with Crippen LogP contribution in [0.2, 0.25) is 5.02 Å². The van der Waals surface area contributed by atoms with Crippen molar-refractivity contribution in [3.8, 4) is 5.75 Å². The number of hydrogen-bond acceptors (Lipinski definition) is 3. The number of thiol groups is 1. The minimum Gasteiger partial charge on any atom is -0.489 e. The Labute approximate surface area is 112 Å². The van der Waals surface area contributed by atoms with Crippen molar-refractivity contribution in [1.82, 2.24) is 0 Å². The zero-order chi connectivity index (χ0) is 13.0. The van der Waals surface area contributed by atoms with E-state index in [4.69, 9.17) is 16.3 Å². The molecule has 5 heteroatoms. The first-order chi connectivity index (χ1) is 8.65. The maximum absolute atomic E-state index is 10.9. The zero-order valence-corrected chi connectivity index (χ0v) is 11.0. The predicted molar refractivity (Wildman–Crippen MR) is 70.8 cm³/mol. The molecule has 0 fully saturated rings. The van der Waals surface area contributed by atoms with Gasteiger partial charge in [0, 0.05) is 5.02 Å². The van der Waals surface area contributed by atoms with Crippen molar-refractivity contribution >= 4 is 22.3 Å². The molecule has 0 aliphatic carbocycles. The highest BCUT2D eigenvalue weighted by atomic mass is 35.5. The van der Waals surface area contributed by atoms with Gasteiger partial charge in [0.05, 0.1) is 4.90 Å². The van der Waals surface area contributed by atoms with E-state index in [1.165, 1.54) is 12.1 Å². The Hall–Kier alpha value is -1.52. The molecule has 0 heterocycles. The number of ether oxygens (including phenoxy) is 1. The van der Waals surface area contributed by atoms with Gasteiger partial charge in [-0.05, 0) is 23.8 Å². The average Bonchev–Trinajstić information content (AvgIpc) is 2.37. The average molecular weight is 283 g/mol. The Balaban J connectivity index is 2.14. The Kier molecular flexibility index (Phi) is 4.23. The summed E-state index contributed by atoms with van der Waals surface area (Å²) in [6.45, 7) is 0.371. The molecule has 0 radical (unpaired) electrons. The van der Waals surface area contributed by atoms with Gasteiger partial charge >= 0.3 is 0 Å². The van der Waals surface area contributed by atoms with E-state index < -0.39 is 10.7 Å². The van der Waals surface area contributed by atoms with Crippen LogP contribution in [0.15, 0.2) is 53.4 Å². The van der Waals surface area contributed by atoms with E-state index >= 15 is 0 Å². The molecule has 0 saturated carbocycles. The molecule has 0 aliphatic heterocycles. The number of halogens is 1. The lowest BCUT2D eigenvalue weighted by atomic mass is 10.2. The van der Waals surface area contributed by atoms with Crippen LogP contribution in [0.4, 0.5) is 0 Å². The highest BCUT2D eigenvalue weighted by Crippen LogP contribution is 2.22. The van der Waals surface area contributed by atoms with Gasteiger partial charge in [-0.25, -0.2) is 8.42 Å². The van der Waals surface area contributed by atoms with Gasteiger partial charge in [0.15, 0.2) is 10.7 Å². The molecule has 94 valence electrons. The third-order valence-electron chi connectivity index (χ3n) is 2.32. The molecule has 0 aromatic heterocycles. The number of hydrogen-bond donors (Lipinski definition) is 1. The maximum atomic E-state index is 10.9. The van der Waals surface area contributed by atoms with Gasteiger partial charge in [-0.15, -0.1) is 0 Å². The first-order valence-electron chi connectivity index (χ1n) is 5.27. The lowest BCUT2D eigenvalue weighted by molar-refractivity contribution is 0.305. The van der Waals surface area contributed by atoms with Gasteiger partial charge in [0.1, 0.15) is 12.4 Å². The van der Waals surface area contributed by atoms with Crippen LogP contribution in [0.5, 0.6) is 5.75 Å². The summed E-state index contributed by atoms with van der Waals surface area (Å²) in [6, 6.07) is 14.0. The van der Waals surface area contributed by atoms with E-state index in [2.05, 4.69) is 0 Å². The first kappa shape index (κ1) is 12.9. The van der Waals surface area contributed by atoms with Gasteiger partial charge in [0.2, 0.25) is 0 Å². The van der Waals surface area contributed by atoms with Crippen molar-refractivity contribution < 1.29 is 13.2 Å². The molecule has 18 heavy (non-hydrogen) atoms. The third kappa shape index (κ3) is 3.48. The van der Waals surface area contributed by atoms with E-state index in [9.17, 15) is 8.42 Å². The summed E-state index contributed by atoms with van der Waals surface area (Å²) in [5, 5.41) is 0.342. The minimum absolute atomic E-state index is 0.153. The van der Waals surface area contributed by atoms with Crippen LogP contribution < -0.4 is 4.74 Å². The van der Waals surface area contributed by atoms with E-state index in [1.54, 1.807) is 6.07 Å². The molecule has 0 saturated heterocycles. The van der Waals surface area contributed by atoms with Gasteiger partial charge in [-0.2, -0.15) is 0 Å². The van der Waals surface area contributed by atoms with Crippen LogP contribution in [0, 0.1) is 0 Å². The molecular weight excluding hydrogens is 272 g/mol. The number of rotatable bonds is 4. The molecule has 3 nitrogen and oxygen atoms in total. The predicted octanol–water partition coefficient (Wildman–Crippen LogP) is 2.89. The Morgan fingerprint density at radius 1 is 1.06 bits per heavy atom. The second-order valence-electron chi connectivity index (χ2n) is 3.68. The zero-order valence-electron chi connectivity index (χ0n) is 9.38. The van der Waals surface area contributed by atoms with Crippen LogP contribution in [0.1, 0.15) is 5.56 Å². The fourth-order valence-electron chi connectivity index (χ4n) is 1.48. The molecule has 0 atom stereocenters. The summed E-state index contributed by atoms with van der Waals surface area (Å²) in [6.07, 6.45) is 0. The third-order valence-corrected chi connectivity index (χ3v) is 3.21. The molecule has 0 aliphatic rings. The molecular formula is C13H11ClO3S. The molecule has 2 rings (SSSR count). The van der Waals surface area contributed by atoms with Crippen LogP contribution in [-0.4, -0.2) is 8.42 Å². The van der Waals surface area contributed by atoms with Crippen LogP contribution in [0.25, 0.3) is 0 Å². The molecule has 0 bridgehead atoms. The summed E-state index contributed by atoms with van der Waals surface area (Å²) < 4.78 is 27.3. The fraction of sp³-hybridized carbons (Fsp3) is 0.0769. The first-order valence-corrected chi connectivity index (χ1v) is 6.82. The van der Waals surface area contributed by atoms with Gasteiger partial charge in [-0.1, -0.05) is 41.9 Å². The fourth-order valence-corrected chi connectivity index (χ4v) is 2.26. The monoisotopic (exact) mass is 282 g/mol. The van der Waals surface area contributed by atoms with Crippen LogP contribution >= 0.6 is 11.6 Å². The summed E-state index contributed by atoms with van der Waals surface area (Å²) >= 11 is 5.83. The summed E-state index contributed by atoms with van der Waals surface area (Å²) in [4.78, 5) is 0.153. The molecule has 0 unspecified atom stereocenters. The Bertz CT molecular complexity index is 601. The standard InChI is InChI=1S/C13H11ClO3S/c14-11-6-12(8-13(7-11)18(15)16)17-9-10-4-2-1-3-5-10/h1-8,18H,9H2. The summed E-state index contributed by atoms with van der Waals surface area (Å²) in [5.41, 5.74) is 1.01. The summed E-state index contributed by atoms with van der Waals surface area (Å²) in [5.74, 6) is 0.445. The number of benzene rings is 2. The maximum Gasteiger partial charge on any atom is 0.168 e. The van der Waals surface area contributed by atoms with E-state index in [0.717, 1.165) is 5.56 Å². The van der Waals surface area contributed by atoms with E-state index in [1.807, 2.05) is 30.3 Å². The van der Waals surface area contributed by atoms with Crippen LogP contribution in [-0.2, 0) is 17.3 Å². The molecule has 0 N–H and O–H groups in total. The highest BCUT2D eigenvalue weighted by Gasteiger charge is 2.03. The Morgan fingerprint density at radius 3 is 2.44 bits per heavy atom. The van der Waals surface area contributed by atoms with Crippen molar-refractivity contribution in [2.24, 2.45) is 0 Å². The SMILES string of the molecule is O=[SH](=O)c1cc(Cl)cc(OCc2ccccc2)c1. The second-order valence-corrected chi connectivity index (χ2v) is 5.14. The largest absolute Gasteiger partial charge is 0.489 e. The van der Waals surface area contributed by atoms with Crippen molar-refractivity contribution in [2.45, 2.75) is 11.5 Å². The topological polar surface area (TPSA) is 43.4 Å². The second kappa shape index (κ2) is 5.89. The van der Waals surface area contributed by atoms with Crippen molar-refractivity contribution in [1.29, 1.82) is 0 Å². The lowest BCUT2D eigenvalue weighted by Crippen LogP contribution is -1.95. The van der Waals surface area contributed by atoms with Gasteiger partial charge < -0.3 is 4.74 Å². The van der Waals surface area contributed by atoms with E-state index in [0.29, 0.717) is 17.4 Å². The van der Waals surface area contributed by atoms with Crippen molar-refractivity contribution in [3.63, 3.8) is 0 Å². The smallest absolute Gasteiger partial charge is 0.168 e. The van der Waals surface area contributed by atoms with E-state index in [-0.39, 0.29) is 4.90 Å². The molecule has 0 spiro atoms. The summed E-state index contributed by atoms with van der Waals surface area (Å²) in [7, 11) is -2.66. The quantitative estimate of drug-likeness (QED) is 0.877. The molecule has 2 aromatic carbocycles. The minimum atomic E-state index is -2.66. The van der Waals surface area contributed by atoms with Gasteiger partial charge in [-0.3, -0.25) is 0 Å². The van der Waals surface area contributed by atoms with Crippen molar-refractivity contribution in [2.75, 3.05) is 0 Å².